The highest BCUT2D eigenvalue weighted by molar-refractivity contribution is 6.00. The van der Waals surface area contributed by atoms with E-state index in [1.54, 1.807) is 0 Å². The van der Waals surface area contributed by atoms with Gasteiger partial charge in [0.15, 0.2) is 0 Å². The minimum atomic E-state index is -0.241. The van der Waals surface area contributed by atoms with Gasteiger partial charge in [-0.05, 0) is 48.2 Å². The number of hydrogen-bond donors (Lipinski definition) is 0. The number of piperidine rings is 1. The number of fused-ring (bicyclic) bond motifs is 4. The smallest absolute Gasteiger partial charge is 0.302 e. The van der Waals surface area contributed by atoms with E-state index >= 15 is 0 Å². The number of amides is 1. The van der Waals surface area contributed by atoms with Gasteiger partial charge in [0.2, 0.25) is 5.91 Å². The lowest BCUT2D eigenvalue weighted by atomic mass is 9.57. The molecule has 5 heteroatoms. The van der Waals surface area contributed by atoms with Crippen molar-refractivity contribution in [2.45, 2.75) is 43.7 Å². The maximum absolute atomic E-state index is 13.0. The molecule has 1 spiro atoms. The monoisotopic (exact) mass is 376 g/mol. The molecule has 5 nitrogen and oxygen atoms in total. The molecule has 0 aromatic heterocycles. The van der Waals surface area contributed by atoms with Gasteiger partial charge >= 0.3 is 5.97 Å². The Bertz CT molecular complexity index is 964. The minimum absolute atomic E-state index is 0.0381. The van der Waals surface area contributed by atoms with Crippen LogP contribution < -0.4 is 4.90 Å². The first-order chi connectivity index (χ1) is 13.6. The van der Waals surface area contributed by atoms with Gasteiger partial charge in [-0.25, -0.2) is 0 Å². The fourth-order valence-corrected chi connectivity index (χ4v) is 6.77. The van der Waals surface area contributed by atoms with Gasteiger partial charge in [-0.2, -0.15) is 0 Å². The van der Waals surface area contributed by atoms with E-state index in [0.29, 0.717) is 25.0 Å². The van der Waals surface area contributed by atoms with Crippen LogP contribution in [0.15, 0.2) is 47.6 Å². The van der Waals surface area contributed by atoms with Gasteiger partial charge in [0.1, 0.15) is 6.61 Å². The van der Waals surface area contributed by atoms with Gasteiger partial charge in [-0.3, -0.25) is 14.5 Å². The molecule has 5 aliphatic rings. The summed E-state index contributed by atoms with van der Waals surface area (Å²) in [6.45, 7) is 3.79. The molecular formula is C23H24N2O3. The molecule has 28 heavy (non-hydrogen) atoms. The van der Waals surface area contributed by atoms with Crippen molar-refractivity contribution in [2.24, 2.45) is 5.92 Å². The lowest BCUT2D eigenvalue weighted by Gasteiger charge is -2.54. The van der Waals surface area contributed by atoms with Gasteiger partial charge < -0.3 is 9.64 Å². The van der Waals surface area contributed by atoms with Gasteiger partial charge in [0, 0.05) is 43.0 Å². The molecule has 1 amide bonds. The lowest BCUT2D eigenvalue weighted by molar-refractivity contribution is -0.139. The van der Waals surface area contributed by atoms with E-state index in [-0.39, 0.29) is 23.3 Å². The molecule has 1 aromatic carbocycles. The number of benzene rings is 1. The zero-order valence-electron chi connectivity index (χ0n) is 16.1. The molecule has 1 aromatic rings. The molecule has 4 aliphatic heterocycles. The molecule has 0 radical (unpaired) electrons. The van der Waals surface area contributed by atoms with Crippen LogP contribution in [-0.2, 0) is 19.7 Å². The minimum Gasteiger partial charge on any atom is -0.462 e. The molecule has 4 heterocycles. The predicted molar refractivity (Wildman–Crippen MR) is 105 cm³/mol. The Morgan fingerprint density at radius 2 is 2.21 bits per heavy atom. The Balaban J connectivity index is 1.50. The van der Waals surface area contributed by atoms with Crippen molar-refractivity contribution < 1.29 is 14.3 Å². The summed E-state index contributed by atoms with van der Waals surface area (Å²) < 4.78 is 5.20. The summed E-state index contributed by atoms with van der Waals surface area (Å²) in [6.07, 6.45) is 7.01. The largest absolute Gasteiger partial charge is 0.462 e. The fraction of sp³-hybridized carbons (Fsp3) is 0.478. The summed E-state index contributed by atoms with van der Waals surface area (Å²) in [6, 6.07) is 9.20. The van der Waals surface area contributed by atoms with Crippen LogP contribution in [0, 0.1) is 5.92 Å². The van der Waals surface area contributed by atoms with Crippen molar-refractivity contribution in [3.8, 4) is 0 Å². The number of esters is 1. The van der Waals surface area contributed by atoms with Crippen molar-refractivity contribution in [2.75, 3.05) is 24.6 Å². The van der Waals surface area contributed by atoms with Crippen molar-refractivity contribution in [3.05, 3.63) is 53.1 Å². The number of nitrogens with zero attached hydrogens (tertiary/aromatic N) is 2. The first kappa shape index (κ1) is 16.5. The van der Waals surface area contributed by atoms with Crippen LogP contribution in [0.5, 0.6) is 0 Å². The molecule has 3 fully saturated rings. The number of rotatable bonds is 2. The van der Waals surface area contributed by atoms with Crippen LogP contribution >= 0.6 is 0 Å². The Kier molecular flexibility index (Phi) is 3.29. The second-order valence-electron chi connectivity index (χ2n) is 8.74. The van der Waals surface area contributed by atoms with Gasteiger partial charge in [0.05, 0.1) is 6.04 Å². The van der Waals surface area contributed by atoms with Crippen LogP contribution in [0.3, 0.4) is 0 Å². The number of anilines is 1. The SMILES string of the molecule is CC(=O)OC/C=C1/CN2CC[C@@]34c5ccccc5N5C(=O)CC=C([C@H]1C[C@H]23)[C@H]54. The molecule has 1 aliphatic carbocycles. The summed E-state index contributed by atoms with van der Waals surface area (Å²) in [7, 11) is 0. The average molecular weight is 376 g/mol. The molecule has 0 N–H and O–H groups in total. The van der Waals surface area contributed by atoms with Crippen molar-refractivity contribution in [1.29, 1.82) is 0 Å². The highest BCUT2D eigenvalue weighted by Crippen LogP contribution is 2.63. The topological polar surface area (TPSA) is 49.9 Å². The van der Waals surface area contributed by atoms with Crippen LogP contribution in [0.4, 0.5) is 5.69 Å². The second kappa shape index (κ2) is 5.57. The van der Waals surface area contributed by atoms with E-state index in [9.17, 15) is 9.59 Å². The zero-order chi connectivity index (χ0) is 19.0. The van der Waals surface area contributed by atoms with E-state index in [1.807, 2.05) is 0 Å². The molecule has 4 atom stereocenters. The number of hydrogen-bond acceptors (Lipinski definition) is 4. The number of ether oxygens (including phenoxy) is 1. The van der Waals surface area contributed by atoms with Crippen molar-refractivity contribution >= 4 is 17.6 Å². The summed E-state index contributed by atoms with van der Waals surface area (Å²) in [5, 5.41) is 0. The Labute approximate surface area is 164 Å². The third-order valence-electron chi connectivity index (χ3n) is 7.68. The Morgan fingerprint density at radius 1 is 1.36 bits per heavy atom. The fourth-order valence-electron chi connectivity index (χ4n) is 6.77. The molecule has 0 unspecified atom stereocenters. The first-order valence-corrected chi connectivity index (χ1v) is 10.3. The zero-order valence-corrected chi connectivity index (χ0v) is 16.1. The number of carbonyl (C=O) groups is 2. The Hall–Kier alpha value is -2.40. The molecule has 2 bridgehead atoms. The predicted octanol–water partition coefficient (Wildman–Crippen LogP) is 2.57. The third kappa shape index (κ3) is 1.90. The van der Waals surface area contributed by atoms with Crippen LogP contribution in [0.2, 0.25) is 0 Å². The highest BCUT2D eigenvalue weighted by atomic mass is 16.5. The molecular weight excluding hydrogens is 352 g/mol. The first-order valence-electron chi connectivity index (χ1n) is 10.3. The van der Waals surface area contributed by atoms with Crippen LogP contribution in [0.1, 0.15) is 31.7 Å². The van der Waals surface area contributed by atoms with E-state index in [0.717, 1.165) is 31.6 Å². The van der Waals surface area contributed by atoms with Crippen molar-refractivity contribution in [1.82, 2.24) is 4.90 Å². The molecule has 2 saturated heterocycles. The maximum atomic E-state index is 13.0. The van der Waals surface area contributed by atoms with Crippen LogP contribution in [-0.4, -0.2) is 48.6 Å². The highest BCUT2D eigenvalue weighted by Gasteiger charge is 2.67. The molecule has 1 saturated carbocycles. The van der Waals surface area contributed by atoms with E-state index < -0.39 is 0 Å². The summed E-state index contributed by atoms with van der Waals surface area (Å²) in [5.74, 6) is 0.342. The van der Waals surface area contributed by atoms with E-state index in [1.165, 1.54) is 23.6 Å². The lowest BCUT2D eigenvalue weighted by Crippen LogP contribution is -2.62. The average Bonchev–Trinajstić information content (AvgIpc) is 3.22. The number of para-hydroxylation sites is 1. The summed E-state index contributed by atoms with van der Waals surface area (Å²) in [4.78, 5) is 28.9. The van der Waals surface area contributed by atoms with Gasteiger partial charge in [0.25, 0.3) is 0 Å². The van der Waals surface area contributed by atoms with Crippen molar-refractivity contribution in [3.63, 3.8) is 0 Å². The number of carbonyl (C=O) groups excluding carboxylic acids is 2. The van der Waals surface area contributed by atoms with E-state index in [4.69, 9.17) is 4.74 Å². The molecule has 144 valence electrons. The maximum Gasteiger partial charge on any atom is 0.302 e. The van der Waals surface area contributed by atoms with Crippen LogP contribution in [0.25, 0.3) is 0 Å². The Morgan fingerprint density at radius 3 is 3.07 bits per heavy atom. The third-order valence-corrected chi connectivity index (χ3v) is 7.68. The van der Waals surface area contributed by atoms with Gasteiger partial charge in [-0.15, -0.1) is 0 Å². The summed E-state index contributed by atoms with van der Waals surface area (Å²) in [5.41, 5.74) is 5.31. The van der Waals surface area contributed by atoms with E-state index in [2.05, 4.69) is 46.2 Å². The van der Waals surface area contributed by atoms with Gasteiger partial charge in [-0.1, -0.05) is 24.3 Å². The second-order valence-corrected chi connectivity index (χ2v) is 8.74. The normalized spacial score (nSPS) is 36.2. The summed E-state index contributed by atoms with van der Waals surface area (Å²) >= 11 is 0. The standard InChI is InChI=1S/C23H24N2O3/c1-14(26)28-11-8-15-13-24-10-9-23-18-4-2-3-5-19(18)25-21(27)7-6-16(22(23)25)17(15)12-20(23)24/h2-6,8,17,20,22H,7,9-13H2,1H3/b15-8-/t17-,20-,22-,23+/m0/s1. The quantitative estimate of drug-likeness (QED) is 0.588. The molecule has 6 rings (SSSR count).